The molecule has 3 N–H and O–H groups in total. The van der Waals surface area contributed by atoms with Gasteiger partial charge in [0.2, 0.25) is 5.91 Å². The van der Waals surface area contributed by atoms with E-state index in [-0.39, 0.29) is 12.5 Å². The molecule has 1 aliphatic rings. The molecule has 1 aromatic rings. The van der Waals surface area contributed by atoms with Gasteiger partial charge in [-0.3, -0.25) is 4.79 Å². The summed E-state index contributed by atoms with van der Waals surface area (Å²) in [4.78, 5) is 11.4. The molecular formula is C15H22N2O3. The molecule has 0 spiro atoms. The molecule has 110 valence electrons. The molecule has 1 aromatic carbocycles. The van der Waals surface area contributed by atoms with E-state index >= 15 is 0 Å². The Kier molecular flexibility index (Phi) is 5.83. The first-order chi connectivity index (χ1) is 9.74. The summed E-state index contributed by atoms with van der Waals surface area (Å²) in [6.07, 6.45) is 2.08. The molecule has 0 radical (unpaired) electrons. The van der Waals surface area contributed by atoms with Gasteiger partial charge in [-0.05, 0) is 25.0 Å². The molecule has 20 heavy (non-hydrogen) atoms. The van der Waals surface area contributed by atoms with Gasteiger partial charge < -0.3 is 20.5 Å². The van der Waals surface area contributed by atoms with Crippen molar-refractivity contribution in [3.8, 4) is 5.75 Å². The minimum Gasteiger partial charge on any atom is -0.491 e. The summed E-state index contributed by atoms with van der Waals surface area (Å²) in [7, 11) is 0. The van der Waals surface area contributed by atoms with Crippen molar-refractivity contribution < 1.29 is 14.6 Å². The van der Waals surface area contributed by atoms with E-state index in [0.717, 1.165) is 18.6 Å². The maximum Gasteiger partial charge on any atom is 0.221 e. The number of hydrogen-bond acceptors (Lipinski definition) is 4. The zero-order valence-electron chi connectivity index (χ0n) is 11.5. The highest BCUT2D eigenvalue weighted by atomic mass is 16.5. The summed E-state index contributed by atoms with van der Waals surface area (Å²) >= 11 is 0. The maximum atomic E-state index is 11.4. The Morgan fingerprint density at radius 3 is 2.80 bits per heavy atom. The van der Waals surface area contributed by atoms with Crippen LogP contribution in [0, 0.1) is 0 Å². The molecule has 0 bridgehead atoms. The van der Waals surface area contributed by atoms with E-state index in [9.17, 15) is 9.90 Å². The van der Waals surface area contributed by atoms with Gasteiger partial charge in [0.25, 0.3) is 0 Å². The van der Waals surface area contributed by atoms with Gasteiger partial charge in [-0.2, -0.15) is 0 Å². The number of carbonyl (C=O) groups is 1. The second-order valence-electron chi connectivity index (χ2n) is 5.07. The van der Waals surface area contributed by atoms with Crippen LogP contribution < -0.4 is 15.4 Å². The highest BCUT2D eigenvalue weighted by Gasteiger charge is 2.22. The minimum absolute atomic E-state index is 0.0787. The van der Waals surface area contributed by atoms with Crippen molar-refractivity contribution in [2.45, 2.75) is 31.4 Å². The van der Waals surface area contributed by atoms with Crippen molar-refractivity contribution in [2.24, 2.45) is 0 Å². The summed E-state index contributed by atoms with van der Waals surface area (Å²) in [6.45, 7) is 1.23. The van der Waals surface area contributed by atoms with Gasteiger partial charge in [0.15, 0.2) is 0 Å². The molecule has 1 aliphatic carbocycles. The van der Waals surface area contributed by atoms with Crippen LogP contribution in [0.25, 0.3) is 0 Å². The lowest BCUT2D eigenvalue weighted by Crippen LogP contribution is -2.34. The molecule has 0 saturated heterocycles. The Hall–Kier alpha value is -1.59. The lowest BCUT2D eigenvalue weighted by atomic mass is 10.3. The molecule has 0 heterocycles. The minimum atomic E-state index is -0.582. The van der Waals surface area contributed by atoms with Crippen molar-refractivity contribution >= 4 is 5.91 Å². The zero-order valence-corrected chi connectivity index (χ0v) is 11.5. The number of para-hydroxylation sites is 1. The quantitative estimate of drug-likeness (QED) is 0.581. The van der Waals surface area contributed by atoms with Crippen LogP contribution in [0.1, 0.15) is 19.3 Å². The normalized spacial score (nSPS) is 15.7. The van der Waals surface area contributed by atoms with E-state index in [4.69, 9.17) is 4.74 Å². The smallest absolute Gasteiger partial charge is 0.221 e. The van der Waals surface area contributed by atoms with Gasteiger partial charge in [-0.15, -0.1) is 0 Å². The SMILES string of the molecule is O=C(CCNCC(O)COc1ccccc1)NC1CC1. The van der Waals surface area contributed by atoms with E-state index < -0.39 is 6.10 Å². The van der Waals surface area contributed by atoms with E-state index in [1.807, 2.05) is 30.3 Å². The molecule has 0 aromatic heterocycles. The number of rotatable bonds is 9. The highest BCUT2D eigenvalue weighted by molar-refractivity contribution is 5.76. The number of ether oxygens (including phenoxy) is 1. The Labute approximate surface area is 119 Å². The molecular weight excluding hydrogens is 256 g/mol. The van der Waals surface area contributed by atoms with Crippen molar-refractivity contribution in [1.82, 2.24) is 10.6 Å². The largest absolute Gasteiger partial charge is 0.491 e. The Morgan fingerprint density at radius 2 is 2.10 bits per heavy atom. The van der Waals surface area contributed by atoms with Crippen LogP contribution in [-0.2, 0) is 4.79 Å². The van der Waals surface area contributed by atoms with Crippen LogP contribution in [0.15, 0.2) is 30.3 Å². The fourth-order valence-electron chi connectivity index (χ4n) is 1.77. The second-order valence-corrected chi connectivity index (χ2v) is 5.07. The van der Waals surface area contributed by atoms with E-state index in [1.165, 1.54) is 0 Å². The van der Waals surface area contributed by atoms with E-state index in [2.05, 4.69) is 10.6 Å². The van der Waals surface area contributed by atoms with E-state index in [0.29, 0.717) is 25.6 Å². The van der Waals surface area contributed by atoms with Gasteiger partial charge in [-0.25, -0.2) is 0 Å². The summed E-state index contributed by atoms with van der Waals surface area (Å²) < 4.78 is 5.44. The monoisotopic (exact) mass is 278 g/mol. The fourth-order valence-corrected chi connectivity index (χ4v) is 1.77. The number of nitrogens with one attached hydrogen (secondary N) is 2. The topological polar surface area (TPSA) is 70.6 Å². The average Bonchev–Trinajstić information content (AvgIpc) is 3.26. The molecule has 1 amide bonds. The first kappa shape index (κ1) is 14.8. The van der Waals surface area contributed by atoms with Crippen molar-refractivity contribution in [3.05, 3.63) is 30.3 Å². The summed E-state index contributed by atoms with van der Waals surface area (Å²) in [5.41, 5.74) is 0. The Morgan fingerprint density at radius 1 is 1.35 bits per heavy atom. The van der Waals surface area contributed by atoms with Crippen LogP contribution in [0.3, 0.4) is 0 Å². The maximum absolute atomic E-state index is 11.4. The lowest BCUT2D eigenvalue weighted by Gasteiger charge is -2.13. The van der Waals surface area contributed by atoms with Gasteiger partial charge in [0, 0.05) is 25.6 Å². The van der Waals surface area contributed by atoms with Gasteiger partial charge in [0.1, 0.15) is 18.5 Å². The first-order valence-electron chi connectivity index (χ1n) is 7.10. The van der Waals surface area contributed by atoms with Crippen LogP contribution in [0.4, 0.5) is 0 Å². The number of amides is 1. The summed E-state index contributed by atoms with van der Waals surface area (Å²) in [5, 5.41) is 15.7. The van der Waals surface area contributed by atoms with Crippen molar-refractivity contribution in [2.75, 3.05) is 19.7 Å². The molecule has 1 saturated carbocycles. The fraction of sp³-hybridized carbons (Fsp3) is 0.533. The number of aliphatic hydroxyl groups is 1. The van der Waals surface area contributed by atoms with Gasteiger partial charge >= 0.3 is 0 Å². The highest BCUT2D eigenvalue weighted by Crippen LogP contribution is 2.18. The van der Waals surface area contributed by atoms with Gasteiger partial charge in [-0.1, -0.05) is 18.2 Å². The number of hydrogen-bond donors (Lipinski definition) is 3. The third kappa shape index (κ3) is 6.04. The molecule has 1 fully saturated rings. The second kappa shape index (κ2) is 7.87. The first-order valence-corrected chi connectivity index (χ1v) is 7.10. The summed E-state index contributed by atoms with van der Waals surface area (Å²) in [6, 6.07) is 9.80. The van der Waals surface area contributed by atoms with Gasteiger partial charge in [0.05, 0.1) is 0 Å². The molecule has 1 atom stereocenters. The van der Waals surface area contributed by atoms with Crippen LogP contribution in [0.2, 0.25) is 0 Å². The zero-order chi connectivity index (χ0) is 14.2. The third-order valence-corrected chi connectivity index (χ3v) is 3.04. The molecule has 5 nitrogen and oxygen atoms in total. The number of aliphatic hydroxyl groups excluding tert-OH is 1. The Balaban J connectivity index is 1.49. The van der Waals surface area contributed by atoms with Crippen LogP contribution >= 0.6 is 0 Å². The van der Waals surface area contributed by atoms with E-state index in [1.54, 1.807) is 0 Å². The molecule has 2 rings (SSSR count). The third-order valence-electron chi connectivity index (χ3n) is 3.04. The molecule has 5 heteroatoms. The molecule has 0 aliphatic heterocycles. The number of carbonyl (C=O) groups excluding carboxylic acids is 1. The molecule has 1 unspecified atom stereocenters. The summed E-state index contributed by atoms with van der Waals surface area (Å²) in [5.74, 6) is 0.824. The Bertz CT molecular complexity index is 407. The standard InChI is InChI=1S/C15H22N2O3/c18-13(11-20-14-4-2-1-3-5-14)10-16-9-8-15(19)17-12-6-7-12/h1-5,12-13,16,18H,6-11H2,(H,17,19). The lowest BCUT2D eigenvalue weighted by molar-refractivity contribution is -0.121. The predicted molar refractivity (Wildman–Crippen MR) is 76.6 cm³/mol. The predicted octanol–water partition coefficient (Wildman–Crippen LogP) is 0.685. The van der Waals surface area contributed by atoms with Crippen LogP contribution in [-0.4, -0.2) is 42.9 Å². The number of benzene rings is 1. The van der Waals surface area contributed by atoms with Crippen molar-refractivity contribution in [3.63, 3.8) is 0 Å². The van der Waals surface area contributed by atoms with Crippen molar-refractivity contribution in [1.29, 1.82) is 0 Å². The average molecular weight is 278 g/mol. The van der Waals surface area contributed by atoms with Crippen LogP contribution in [0.5, 0.6) is 5.75 Å².